The van der Waals surface area contributed by atoms with Crippen LogP contribution in [0.25, 0.3) is 6.08 Å². The highest BCUT2D eigenvalue weighted by Crippen LogP contribution is 2.38. The Labute approximate surface area is 132 Å². The molecule has 0 bridgehead atoms. The summed E-state index contributed by atoms with van der Waals surface area (Å²) in [5.74, 6) is 1.12. The molecule has 1 aromatic heterocycles. The van der Waals surface area contributed by atoms with E-state index in [1.54, 1.807) is 7.11 Å². The molecule has 2 heterocycles. The average molecular weight is 307 g/mol. The summed E-state index contributed by atoms with van der Waals surface area (Å²) < 4.78 is 17.2. The summed E-state index contributed by atoms with van der Waals surface area (Å²) >= 11 is 4.40. The number of hydrogen-bond donors (Lipinski definition) is 1. The van der Waals surface area contributed by atoms with Gasteiger partial charge in [0.05, 0.1) is 24.0 Å². The highest BCUT2D eigenvalue weighted by atomic mass is 32.1. The van der Waals surface area contributed by atoms with E-state index < -0.39 is 7.12 Å². The lowest BCUT2D eigenvalue weighted by Gasteiger charge is -2.32. The monoisotopic (exact) mass is 307 g/mol. The van der Waals surface area contributed by atoms with E-state index in [0.29, 0.717) is 11.6 Å². The molecule has 1 aliphatic rings. The molecule has 21 heavy (non-hydrogen) atoms. The minimum Gasteiger partial charge on any atom is -0.481 e. The van der Waals surface area contributed by atoms with Crippen LogP contribution < -0.4 is 4.74 Å². The van der Waals surface area contributed by atoms with Crippen LogP contribution in [0.5, 0.6) is 5.88 Å². The van der Waals surface area contributed by atoms with Crippen molar-refractivity contribution in [3.05, 3.63) is 29.4 Å². The fraction of sp³-hybridized carbons (Fsp3) is 0.533. The Morgan fingerprint density at radius 3 is 2.43 bits per heavy atom. The zero-order valence-corrected chi connectivity index (χ0v) is 14.1. The maximum absolute atomic E-state index is 6.05. The van der Waals surface area contributed by atoms with Crippen LogP contribution in [-0.2, 0) is 9.31 Å². The number of methoxy groups -OCH3 is 1. The molecular weight excluding hydrogens is 285 g/mol. The van der Waals surface area contributed by atoms with Crippen molar-refractivity contribution >= 4 is 25.8 Å². The highest BCUT2D eigenvalue weighted by molar-refractivity contribution is 7.80. The van der Waals surface area contributed by atoms with Gasteiger partial charge in [-0.15, -0.1) is 0 Å². The van der Waals surface area contributed by atoms with E-state index in [1.807, 2.05) is 52.0 Å². The summed E-state index contributed by atoms with van der Waals surface area (Å²) in [7, 11) is 1.20. The Morgan fingerprint density at radius 1 is 1.29 bits per heavy atom. The first-order valence-corrected chi connectivity index (χ1v) is 7.60. The Balaban J connectivity index is 2.26. The number of aromatic nitrogens is 1. The van der Waals surface area contributed by atoms with Crippen LogP contribution in [0, 0.1) is 0 Å². The zero-order valence-electron chi connectivity index (χ0n) is 13.2. The second kappa shape index (κ2) is 6.03. The topological polar surface area (TPSA) is 40.6 Å². The lowest BCUT2D eigenvalue weighted by molar-refractivity contribution is 0.00578. The number of hydrogen-bond acceptors (Lipinski definition) is 5. The molecule has 0 aliphatic carbocycles. The molecule has 0 atom stereocenters. The molecule has 0 unspecified atom stereocenters. The second-order valence-corrected chi connectivity index (χ2v) is 6.39. The molecule has 0 amide bonds. The predicted molar refractivity (Wildman–Crippen MR) is 88.7 cm³/mol. The molecule has 6 heteroatoms. The molecule has 2 rings (SSSR count). The van der Waals surface area contributed by atoms with Gasteiger partial charge in [-0.2, -0.15) is 12.6 Å². The van der Waals surface area contributed by atoms with Crippen molar-refractivity contribution in [3.8, 4) is 5.88 Å². The van der Waals surface area contributed by atoms with Crippen molar-refractivity contribution in [3.63, 3.8) is 0 Å². The van der Waals surface area contributed by atoms with Crippen LogP contribution in [0.4, 0.5) is 0 Å². The number of thiol groups is 1. The fourth-order valence-corrected chi connectivity index (χ4v) is 2.24. The number of nitrogens with zero attached hydrogens (tertiary/aromatic N) is 1. The molecule has 114 valence electrons. The van der Waals surface area contributed by atoms with E-state index in [4.69, 9.17) is 14.0 Å². The van der Waals surface area contributed by atoms with Crippen LogP contribution in [0.15, 0.2) is 23.7 Å². The zero-order chi connectivity index (χ0) is 15.7. The Bertz CT molecular complexity index is 529. The van der Waals surface area contributed by atoms with Gasteiger partial charge in [-0.05, 0) is 45.3 Å². The third-order valence-electron chi connectivity index (χ3n) is 4.03. The van der Waals surface area contributed by atoms with Crippen molar-refractivity contribution in [2.24, 2.45) is 0 Å². The molecule has 1 aromatic rings. The van der Waals surface area contributed by atoms with E-state index in [1.165, 1.54) is 0 Å². The van der Waals surface area contributed by atoms with E-state index in [9.17, 15) is 0 Å². The lowest BCUT2D eigenvalue weighted by atomic mass is 9.78. The molecular formula is C15H22BNO3S. The lowest BCUT2D eigenvalue weighted by Crippen LogP contribution is -2.41. The summed E-state index contributed by atoms with van der Waals surface area (Å²) in [6, 6.07) is 5.63. The maximum atomic E-state index is 6.05. The van der Waals surface area contributed by atoms with Gasteiger partial charge >= 0.3 is 7.12 Å². The average Bonchev–Trinajstić information content (AvgIpc) is 2.65. The Morgan fingerprint density at radius 2 is 1.90 bits per heavy atom. The normalized spacial score (nSPS) is 20.7. The van der Waals surface area contributed by atoms with Crippen molar-refractivity contribution in [2.75, 3.05) is 12.9 Å². The summed E-state index contributed by atoms with van der Waals surface area (Å²) in [5, 5.41) is 0. The molecule has 0 radical (unpaired) electrons. The summed E-state index contributed by atoms with van der Waals surface area (Å²) in [5.41, 5.74) is 1.02. The largest absolute Gasteiger partial charge is 0.491 e. The van der Waals surface area contributed by atoms with E-state index in [-0.39, 0.29) is 11.2 Å². The van der Waals surface area contributed by atoms with Gasteiger partial charge < -0.3 is 14.0 Å². The Kier molecular flexibility index (Phi) is 4.71. The van der Waals surface area contributed by atoms with Gasteiger partial charge in [-0.25, -0.2) is 4.98 Å². The molecule has 1 fully saturated rings. The van der Waals surface area contributed by atoms with E-state index in [2.05, 4.69) is 17.6 Å². The summed E-state index contributed by atoms with van der Waals surface area (Å²) in [4.78, 5) is 4.38. The van der Waals surface area contributed by atoms with Crippen LogP contribution in [0.1, 0.15) is 33.4 Å². The standard InChI is InChI=1S/C15H22BNO3S/c1-14(2)15(3,4)20-16(19-14)11(10-21)9-12-7-6-8-13(17-12)18-5/h6-9,21H,10H2,1-5H3. The van der Waals surface area contributed by atoms with Crippen LogP contribution in [0.3, 0.4) is 0 Å². The number of rotatable bonds is 4. The molecule has 0 spiro atoms. The summed E-state index contributed by atoms with van der Waals surface area (Å²) in [6.45, 7) is 8.14. The van der Waals surface area contributed by atoms with Gasteiger partial charge in [0.2, 0.25) is 5.88 Å². The van der Waals surface area contributed by atoms with Crippen molar-refractivity contribution in [1.29, 1.82) is 0 Å². The number of ether oxygens (including phenoxy) is 1. The third-order valence-corrected chi connectivity index (χ3v) is 4.39. The van der Waals surface area contributed by atoms with Crippen molar-refractivity contribution < 1.29 is 14.0 Å². The summed E-state index contributed by atoms with van der Waals surface area (Å²) in [6.07, 6.45) is 1.94. The van der Waals surface area contributed by atoms with Gasteiger partial charge in [-0.3, -0.25) is 0 Å². The van der Waals surface area contributed by atoms with Gasteiger partial charge in [0.25, 0.3) is 0 Å². The minimum atomic E-state index is -0.402. The predicted octanol–water partition coefficient (Wildman–Crippen LogP) is 3.03. The van der Waals surface area contributed by atoms with Crippen molar-refractivity contribution in [2.45, 2.75) is 38.9 Å². The minimum absolute atomic E-state index is 0.360. The van der Waals surface area contributed by atoms with E-state index in [0.717, 1.165) is 11.2 Å². The quantitative estimate of drug-likeness (QED) is 0.686. The van der Waals surface area contributed by atoms with Crippen LogP contribution in [0.2, 0.25) is 0 Å². The molecule has 0 aromatic carbocycles. The Hall–Kier alpha value is -0.975. The van der Waals surface area contributed by atoms with Crippen molar-refractivity contribution in [1.82, 2.24) is 4.98 Å². The third kappa shape index (κ3) is 3.44. The van der Waals surface area contributed by atoms with Gasteiger partial charge in [0, 0.05) is 11.8 Å². The molecule has 0 saturated carbocycles. The molecule has 1 aliphatic heterocycles. The van der Waals surface area contributed by atoms with E-state index >= 15 is 0 Å². The fourth-order valence-electron chi connectivity index (χ4n) is 2.00. The molecule has 0 N–H and O–H groups in total. The molecule has 1 saturated heterocycles. The van der Waals surface area contributed by atoms with Gasteiger partial charge in [-0.1, -0.05) is 6.07 Å². The van der Waals surface area contributed by atoms with Gasteiger partial charge in [0.1, 0.15) is 0 Å². The van der Waals surface area contributed by atoms with Crippen LogP contribution >= 0.6 is 12.6 Å². The first-order chi connectivity index (χ1) is 9.79. The molecule has 4 nitrogen and oxygen atoms in total. The van der Waals surface area contributed by atoms with Gasteiger partial charge in [0.15, 0.2) is 0 Å². The smallest absolute Gasteiger partial charge is 0.481 e. The number of pyridine rings is 1. The highest BCUT2D eigenvalue weighted by Gasteiger charge is 2.52. The first-order valence-electron chi connectivity index (χ1n) is 6.97. The van der Waals surface area contributed by atoms with Crippen LogP contribution in [-0.4, -0.2) is 36.2 Å². The SMILES string of the molecule is COc1cccc(C=C(CS)B2OC(C)(C)C(C)(C)O2)n1. The maximum Gasteiger partial charge on any atom is 0.491 e. The first kappa shape index (κ1) is 16.4. The second-order valence-electron chi connectivity index (χ2n) is 6.07.